The molecule has 1 fully saturated rings. The van der Waals surface area contributed by atoms with Crippen molar-refractivity contribution >= 4 is 5.69 Å². The van der Waals surface area contributed by atoms with Gasteiger partial charge in [-0.3, -0.25) is 0 Å². The van der Waals surface area contributed by atoms with Crippen LogP contribution in [0.1, 0.15) is 45.6 Å². The van der Waals surface area contributed by atoms with Gasteiger partial charge in [0.05, 0.1) is 0 Å². The Hall–Kier alpha value is -1.02. The number of piperidine rings is 1. The van der Waals surface area contributed by atoms with E-state index in [0.29, 0.717) is 12.1 Å². The average molecular weight is 260 g/mol. The Kier molecular flexibility index (Phi) is 4.87. The van der Waals surface area contributed by atoms with Gasteiger partial charge >= 0.3 is 0 Å². The molecule has 0 aromatic heterocycles. The molecule has 0 aliphatic carbocycles. The van der Waals surface area contributed by atoms with E-state index in [-0.39, 0.29) is 0 Å². The molecule has 2 nitrogen and oxygen atoms in total. The van der Waals surface area contributed by atoms with Gasteiger partial charge in [0.25, 0.3) is 0 Å². The Bertz CT molecular complexity index is 385. The first-order valence-electron chi connectivity index (χ1n) is 7.73. The van der Waals surface area contributed by atoms with Gasteiger partial charge in [-0.1, -0.05) is 26.0 Å². The lowest BCUT2D eigenvalue weighted by Gasteiger charge is -2.39. The van der Waals surface area contributed by atoms with E-state index in [0.717, 1.165) is 18.8 Å². The second kappa shape index (κ2) is 6.42. The van der Waals surface area contributed by atoms with E-state index in [9.17, 15) is 0 Å². The summed E-state index contributed by atoms with van der Waals surface area (Å²) < 4.78 is 0. The van der Waals surface area contributed by atoms with E-state index >= 15 is 0 Å². The van der Waals surface area contributed by atoms with E-state index in [2.05, 4.69) is 49.9 Å². The minimum atomic E-state index is 0.291. The van der Waals surface area contributed by atoms with Crippen molar-refractivity contribution in [2.45, 2.75) is 58.5 Å². The van der Waals surface area contributed by atoms with Crippen molar-refractivity contribution in [2.24, 2.45) is 11.7 Å². The molecule has 2 rings (SSSR count). The number of benzene rings is 1. The predicted molar refractivity (Wildman–Crippen MR) is 83.6 cm³/mol. The first-order chi connectivity index (χ1) is 9.11. The lowest BCUT2D eigenvalue weighted by molar-refractivity contribution is 0.363. The van der Waals surface area contributed by atoms with Crippen LogP contribution in [0.5, 0.6) is 0 Å². The maximum Gasteiger partial charge on any atom is 0.0368 e. The lowest BCUT2D eigenvalue weighted by atomic mass is 9.91. The predicted octanol–water partition coefficient (Wildman–Crippen LogP) is 3.59. The maximum atomic E-state index is 6.02. The van der Waals surface area contributed by atoms with Gasteiger partial charge in [-0.15, -0.1) is 0 Å². The topological polar surface area (TPSA) is 29.3 Å². The third-order valence-electron chi connectivity index (χ3n) is 4.66. The Labute approximate surface area is 118 Å². The lowest BCUT2D eigenvalue weighted by Crippen LogP contribution is -2.42. The van der Waals surface area contributed by atoms with Crippen LogP contribution >= 0.6 is 0 Å². The molecule has 2 heteroatoms. The van der Waals surface area contributed by atoms with Crippen molar-refractivity contribution in [3.05, 3.63) is 29.8 Å². The summed E-state index contributed by atoms with van der Waals surface area (Å²) in [5.41, 5.74) is 8.74. The first kappa shape index (κ1) is 14.4. The first-order valence-corrected chi connectivity index (χ1v) is 7.73. The van der Waals surface area contributed by atoms with Gasteiger partial charge in [0, 0.05) is 24.3 Å². The number of nitrogens with two attached hydrogens (primary N) is 1. The summed E-state index contributed by atoms with van der Waals surface area (Å²) in [6.07, 6.45) is 4.71. The van der Waals surface area contributed by atoms with Gasteiger partial charge in [-0.25, -0.2) is 0 Å². The van der Waals surface area contributed by atoms with Crippen LogP contribution in [0, 0.1) is 5.92 Å². The molecule has 3 atom stereocenters. The summed E-state index contributed by atoms with van der Waals surface area (Å²) in [7, 11) is 0. The summed E-state index contributed by atoms with van der Waals surface area (Å²) in [5, 5.41) is 0. The molecule has 1 heterocycles. The maximum absolute atomic E-state index is 6.02. The van der Waals surface area contributed by atoms with E-state index in [4.69, 9.17) is 5.73 Å². The summed E-state index contributed by atoms with van der Waals surface area (Å²) in [4.78, 5) is 2.55. The minimum absolute atomic E-state index is 0.291. The standard InChI is InChI=1S/C17H28N2/c1-4-16(18)12-15-7-9-17(10-8-15)19-11-5-6-13(2)14(19)3/h7-10,13-14,16H,4-6,11-12,18H2,1-3H3. The van der Waals surface area contributed by atoms with Crippen LogP contribution in [0.3, 0.4) is 0 Å². The summed E-state index contributed by atoms with van der Waals surface area (Å²) in [6, 6.07) is 9.98. The second-order valence-corrected chi connectivity index (χ2v) is 6.09. The van der Waals surface area contributed by atoms with Crippen LogP contribution in [0.2, 0.25) is 0 Å². The van der Waals surface area contributed by atoms with Crippen LogP contribution in [0.4, 0.5) is 5.69 Å². The summed E-state index contributed by atoms with van der Waals surface area (Å²) in [6.45, 7) is 8.06. The zero-order chi connectivity index (χ0) is 13.8. The average Bonchev–Trinajstić information content (AvgIpc) is 2.43. The monoisotopic (exact) mass is 260 g/mol. The number of rotatable bonds is 4. The van der Waals surface area contributed by atoms with Crippen LogP contribution in [0.15, 0.2) is 24.3 Å². The molecule has 0 saturated carbocycles. The molecule has 1 aromatic carbocycles. The largest absolute Gasteiger partial charge is 0.369 e. The normalized spacial score (nSPS) is 25.4. The highest BCUT2D eigenvalue weighted by atomic mass is 15.2. The van der Waals surface area contributed by atoms with Crippen LogP contribution in [-0.2, 0) is 6.42 Å². The third kappa shape index (κ3) is 3.50. The number of hydrogen-bond acceptors (Lipinski definition) is 2. The molecule has 19 heavy (non-hydrogen) atoms. The van der Waals surface area contributed by atoms with Crippen molar-refractivity contribution < 1.29 is 0 Å². The molecule has 0 radical (unpaired) electrons. The molecule has 2 N–H and O–H groups in total. The van der Waals surface area contributed by atoms with Crippen LogP contribution in [-0.4, -0.2) is 18.6 Å². The fraction of sp³-hybridized carbons (Fsp3) is 0.647. The third-order valence-corrected chi connectivity index (χ3v) is 4.66. The molecule has 0 amide bonds. The van der Waals surface area contributed by atoms with Crippen LogP contribution in [0.25, 0.3) is 0 Å². The summed E-state index contributed by atoms with van der Waals surface area (Å²) in [5.74, 6) is 0.793. The number of nitrogens with zero attached hydrogens (tertiary/aromatic N) is 1. The van der Waals surface area contributed by atoms with Gasteiger partial charge in [-0.05, 0) is 56.2 Å². The van der Waals surface area contributed by atoms with E-state index < -0.39 is 0 Å². The van der Waals surface area contributed by atoms with Gasteiger partial charge < -0.3 is 10.6 Å². The van der Waals surface area contributed by atoms with Gasteiger partial charge in [-0.2, -0.15) is 0 Å². The Balaban J connectivity index is 2.05. The fourth-order valence-corrected chi connectivity index (χ4v) is 2.97. The highest BCUT2D eigenvalue weighted by Crippen LogP contribution is 2.28. The van der Waals surface area contributed by atoms with Crippen molar-refractivity contribution in [1.82, 2.24) is 0 Å². The van der Waals surface area contributed by atoms with Crippen molar-refractivity contribution in [1.29, 1.82) is 0 Å². The molecule has 1 aliphatic rings. The fourth-order valence-electron chi connectivity index (χ4n) is 2.97. The van der Waals surface area contributed by atoms with Gasteiger partial charge in [0.1, 0.15) is 0 Å². The van der Waals surface area contributed by atoms with Crippen molar-refractivity contribution in [2.75, 3.05) is 11.4 Å². The molecule has 3 unspecified atom stereocenters. The smallest absolute Gasteiger partial charge is 0.0368 e. The molecule has 0 bridgehead atoms. The molecule has 106 valence electrons. The highest BCUT2D eigenvalue weighted by Gasteiger charge is 2.24. The van der Waals surface area contributed by atoms with Crippen molar-refractivity contribution in [3.8, 4) is 0 Å². The van der Waals surface area contributed by atoms with E-state index in [1.165, 1.54) is 30.6 Å². The highest BCUT2D eigenvalue weighted by molar-refractivity contribution is 5.49. The molecule has 1 aliphatic heterocycles. The van der Waals surface area contributed by atoms with E-state index in [1.54, 1.807) is 0 Å². The second-order valence-electron chi connectivity index (χ2n) is 6.09. The zero-order valence-electron chi connectivity index (χ0n) is 12.6. The van der Waals surface area contributed by atoms with Gasteiger partial charge in [0.15, 0.2) is 0 Å². The van der Waals surface area contributed by atoms with Gasteiger partial charge in [0.2, 0.25) is 0 Å². The number of anilines is 1. The molecular weight excluding hydrogens is 232 g/mol. The minimum Gasteiger partial charge on any atom is -0.369 e. The van der Waals surface area contributed by atoms with Crippen LogP contribution < -0.4 is 10.6 Å². The molecule has 1 saturated heterocycles. The van der Waals surface area contributed by atoms with Crippen molar-refractivity contribution in [3.63, 3.8) is 0 Å². The SMILES string of the molecule is CCC(N)Cc1ccc(N2CCCC(C)C2C)cc1. The molecule has 0 spiro atoms. The zero-order valence-corrected chi connectivity index (χ0v) is 12.6. The number of hydrogen-bond donors (Lipinski definition) is 1. The Morgan fingerprint density at radius 3 is 2.58 bits per heavy atom. The Morgan fingerprint density at radius 1 is 1.26 bits per heavy atom. The van der Waals surface area contributed by atoms with E-state index in [1.807, 2.05) is 0 Å². The quantitative estimate of drug-likeness (QED) is 0.896. The molecule has 1 aromatic rings. The summed E-state index contributed by atoms with van der Waals surface area (Å²) >= 11 is 0. The Morgan fingerprint density at radius 2 is 1.95 bits per heavy atom. The molecular formula is C17H28N2.